The van der Waals surface area contributed by atoms with E-state index < -0.39 is 29.3 Å². The van der Waals surface area contributed by atoms with E-state index in [0.717, 1.165) is 0 Å². The molecule has 0 saturated carbocycles. The van der Waals surface area contributed by atoms with Crippen molar-refractivity contribution in [3.8, 4) is 0 Å². The van der Waals surface area contributed by atoms with E-state index in [2.05, 4.69) is 0 Å². The van der Waals surface area contributed by atoms with Crippen molar-refractivity contribution in [3.63, 3.8) is 0 Å². The van der Waals surface area contributed by atoms with Crippen LogP contribution in [-0.4, -0.2) is 100 Å². The Morgan fingerprint density at radius 3 is 0.368 bits per heavy atom. The standard InChI is InChI=1S/4BH3O3.Na.H2O2.H/c4*2-1(3)4;;1-2;/h4*2-4H;;1-2H;/q;;;;+1;;-1. The molecule has 0 rings (SSSR count). The molecule has 19 heteroatoms. The Kier molecular flexibility index (Phi) is 70.2. The zero-order valence-electron chi connectivity index (χ0n) is 10.6. The summed E-state index contributed by atoms with van der Waals surface area (Å²) in [6, 6.07) is 0. The van der Waals surface area contributed by atoms with Gasteiger partial charge in [-0.2, -0.15) is 0 Å². The minimum absolute atomic E-state index is 0. The molecule has 0 radical (unpaired) electrons. The predicted molar refractivity (Wildman–Crippen MR) is 56.0 cm³/mol. The first-order valence-corrected chi connectivity index (χ1v) is 3.30. The van der Waals surface area contributed by atoms with Crippen molar-refractivity contribution in [2.45, 2.75) is 0 Å². The normalized spacial score (nSPS) is 6.00. The summed E-state index contributed by atoms with van der Waals surface area (Å²) in [7, 11) is -8.67. The van der Waals surface area contributed by atoms with Crippen molar-refractivity contribution < 1.29 is 102 Å². The molecule has 19 heavy (non-hydrogen) atoms. The molecular formula is H15B4NaO14. The molecule has 0 aromatic heterocycles. The van der Waals surface area contributed by atoms with Crippen LogP contribution < -0.4 is 29.6 Å². The molecule has 0 heterocycles. The Morgan fingerprint density at radius 2 is 0.368 bits per heavy atom. The maximum Gasteiger partial charge on any atom is 1.00 e. The second kappa shape index (κ2) is 36.3. The molecule has 0 fully saturated rings. The molecule has 112 valence electrons. The Hall–Kier alpha value is 0.700. The Labute approximate surface area is 131 Å². The molecule has 0 spiro atoms. The number of rotatable bonds is 0. The second-order valence-corrected chi connectivity index (χ2v) is 1.39. The summed E-state index contributed by atoms with van der Waals surface area (Å²) in [4.78, 5) is 0. The van der Waals surface area contributed by atoms with Gasteiger partial charge in [0.1, 0.15) is 0 Å². The predicted octanol–water partition coefficient (Wildman–Crippen LogP) is -11.1. The van der Waals surface area contributed by atoms with Crippen molar-refractivity contribution in [2.24, 2.45) is 0 Å². The first-order valence-electron chi connectivity index (χ1n) is 3.30. The smallest absolute Gasteiger partial charge is 1.00 e. The first kappa shape index (κ1) is 36.7. The van der Waals surface area contributed by atoms with Crippen LogP contribution in [0.15, 0.2) is 0 Å². The van der Waals surface area contributed by atoms with Gasteiger partial charge in [0.05, 0.1) is 0 Å². The fourth-order valence-electron chi connectivity index (χ4n) is 0. The first-order chi connectivity index (χ1) is 7.93. The molecule has 0 bridgehead atoms. The number of hydrogen-bond acceptors (Lipinski definition) is 14. The maximum absolute atomic E-state index is 7.17. The van der Waals surface area contributed by atoms with Gasteiger partial charge in [-0.15, -0.1) is 0 Å². The SMILES string of the molecule is OB(O)O.OB(O)O.OB(O)O.OB(O)O.OO.[H-].[Na+]. The molecule has 14 N–H and O–H groups in total. The van der Waals surface area contributed by atoms with Crippen molar-refractivity contribution in [1.82, 2.24) is 0 Å². The summed E-state index contributed by atoms with van der Waals surface area (Å²) in [5, 5.41) is 98.0. The van der Waals surface area contributed by atoms with Crippen molar-refractivity contribution in [3.05, 3.63) is 0 Å². The molecular weight excluding hydrogens is 290 g/mol. The van der Waals surface area contributed by atoms with Gasteiger partial charge in [0.2, 0.25) is 0 Å². The van der Waals surface area contributed by atoms with Gasteiger partial charge in [-0.1, -0.05) is 0 Å². The van der Waals surface area contributed by atoms with Gasteiger partial charge in [0, 0.05) is 0 Å². The van der Waals surface area contributed by atoms with E-state index in [4.69, 9.17) is 70.8 Å². The van der Waals surface area contributed by atoms with Gasteiger partial charge >= 0.3 is 58.8 Å². The summed E-state index contributed by atoms with van der Waals surface area (Å²) in [5.41, 5.74) is 0. The van der Waals surface area contributed by atoms with Crippen molar-refractivity contribution in [1.29, 1.82) is 0 Å². The summed E-state index contributed by atoms with van der Waals surface area (Å²) in [6.45, 7) is 0. The van der Waals surface area contributed by atoms with Crippen molar-refractivity contribution >= 4 is 29.3 Å². The molecule has 0 aliphatic heterocycles. The van der Waals surface area contributed by atoms with E-state index in [0.29, 0.717) is 0 Å². The third-order valence-corrected chi connectivity index (χ3v) is 0. The fourth-order valence-corrected chi connectivity index (χ4v) is 0. The maximum atomic E-state index is 7.17. The summed E-state index contributed by atoms with van der Waals surface area (Å²) in [6.07, 6.45) is 0. The molecule has 0 aliphatic rings. The van der Waals surface area contributed by atoms with Crippen LogP contribution in [0.1, 0.15) is 1.43 Å². The quantitative estimate of drug-likeness (QED) is 0.112. The molecule has 0 amide bonds. The van der Waals surface area contributed by atoms with Gasteiger partial charge in [0.25, 0.3) is 0 Å². The van der Waals surface area contributed by atoms with Gasteiger partial charge < -0.3 is 61.7 Å². The summed E-state index contributed by atoms with van der Waals surface area (Å²) >= 11 is 0. The Bertz CT molecular complexity index is 68.2. The van der Waals surface area contributed by atoms with E-state index in [-0.39, 0.29) is 31.0 Å². The minimum atomic E-state index is -2.17. The van der Waals surface area contributed by atoms with Crippen LogP contribution in [0.3, 0.4) is 0 Å². The van der Waals surface area contributed by atoms with Crippen molar-refractivity contribution in [2.75, 3.05) is 0 Å². The second-order valence-electron chi connectivity index (χ2n) is 1.39. The third-order valence-electron chi connectivity index (χ3n) is 0. The van der Waals surface area contributed by atoms with E-state index in [9.17, 15) is 0 Å². The average molecular weight is 305 g/mol. The fraction of sp³-hybridized carbons (Fsp3) is 0. The molecule has 0 aliphatic carbocycles. The van der Waals surface area contributed by atoms with Crippen LogP contribution in [0.25, 0.3) is 0 Å². The molecule has 0 aromatic carbocycles. The zero-order chi connectivity index (χ0) is 16.3. The number of hydrogen-bond donors (Lipinski definition) is 14. The van der Waals surface area contributed by atoms with Crippen LogP contribution in [-0.2, 0) is 0 Å². The van der Waals surface area contributed by atoms with E-state index in [1.807, 2.05) is 0 Å². The van der Waals surface area contributed by atoms with E-state index in [1.165, 1.54) is 0 Å². The molecule has 0 unspecified atom stereocenters. The third kappa shape index (κ3) is 10700. The topological polar surface area (TPSA) is 283 Å². The van der Waals surface area contributed by atoms with Gasteiger partial charge in [-0.3, -0.25) is 10.5 Å². The van der Waals surface area contributed by atoms with Crippen LogP contribution in [0.5, 0.6) is 0 Å². The minimum Gasteiger partial charge on any atom is -1.00 e. The molecule has 0 saturated heterocycles. The van der Waals surface area contributed by atoms with Crippen LogP contribution >= 0.6 is 0 Å². The van der Waals surface area contributed by atoms with E-state index >= 15 is 0 Å². The monoisotopic (exact) mass is 306 g/mol. The molecule has 0 atom stereocenters. The van der Waals surface area contributed by atoms with Gasteiger partial charge in [-0.25, -0.2) is 0 Å². The molecule has 14 nitrogen and oxygen atoms in total. The summed E-state index contributed by atoms with van der Waals surface area (Å²) < 4.78 is 0. The van der Waals surface area contributed by atoms with Crippen LogP contribution in [0, 0.1) is 0 Å². The largest absolute Gasteiger partial charge is 1.00 e. The molecule has 0 aromatic rings. The van der Waals surface area contributed by atoms with Gasteiger partial charge in [-0.05, 0) is 0 Å². The van der Waals surface area contributed by atoms with E-state index in [1.54, 1.807) is 0 Å². The Balaban J connectivity index is -0.0000000209. The summed E-state index contributed by atoms with van der Waals surface area (Å²) in [5.74, 6) is 0. The Morgan fingerprint density at radius 1 is 0.368 bits per heavy atom. The zero-order valence-corrected chi connectivity index (χ0v) is 11.6. The average Bonchev–Trinajstić information content (AvgIpc) is 2.01. The van der Waals surface area contributed by atoms with Crippen LogP contribution in [0.2, 0.25) is 0 Å². The van der Waals surface area contributed by atoms with Crippen LogP contribution in [0.4, 0.5) is 0 Å². The van der Waals surface area contributed by atoms with Gasteiger partial charge in [0.15, 0.2) is 0 Å².